The monoisotopic (exact) mass is 350 g/mol. The molecule has 0 aliphatic heterocycles. The Morgan fingerprint density at radius 2 is 2.00 bits per heavy atom. The summed E-state index contributed by atoms with van der Waals surface area (Å²) >= 11 is 8.56. The van der Waals surface area contributed by atoms with Crippen LogP contribution in [0.2, 0.25) is 0 Å². The second-order valence-corrected chi connectivity index (χ2v) is 5.68. The maximum atomic E-state index is 5.77. The Bertz CT molecular complexity index is 658. The number of aryl methyl sites for hydroxylation is 1. The second-order valence-electron chi connectivity index (χ2n) is 4.39. The molecule has 0 unspecified atom stereocenters. The van der Waals surface area contributed by atoms with Crippen LogP contribution in [0, 0.1) is 6.92 Å². The minimum Gasteiger partial charge on any atom is -0.496 e. The van der Waals surface area contributed by atoms with Crippen LogP contribution in [0.4, 0.5) is 11.4 Å². The first-order valence-corrected chi connectivity index (χ1v) is 7.22. The zero-order valence-electron chi connectivity index (χ0n) is 11.2. The maximum Gasteiger partial charge on any atom is 0.133 e. The summed E-state index contributed by atoms with van der Waals surface area (Å²) in [5.74, 6) is 0.786. The number of nitrogens with one attached hydrogen (secondary N) is 1. The minimum atomic E-state index is 0.378. The van der Waals surface area contributed by atoms with E-state index in [1.807, 2.05) is 43.3 Å². The second kappa shape index (κ2) is 6.24. The van der Waals surface area contributed by atoms with Gasteiger partial charge >= 0.3 is 0 Å². The fraction of sp³-hybridized carbons (Fsp3) is 0.133. The molecule has 0 aromatic heterocycles. The summed E-state index contributed by atoms with van der Waals surface area (Å²) in [6.45, 7) is 2.01. The molecule has 0 amide bonds. The first kappa shape index (κ1) is 14.8. The molecule has 0 spiro atoms. The molecule has 20 heavy (non-hydrogen) atoms. The van der Waals surface area contributed by atoms with Gasteiger partial charge in [-0.3, -0.25) is 0 Å². The van der Waals surface area contributed by atoms with Gasteiger partial charge in [0.2, 0.25) is 0 Å². The van der Waals surface area contributed by atoms with Gasteiger partial charge in [0, 0.05) is 16.9 Å². The minimum absolute atomic E-state index is 0.378. The summed E-state index contributed by atoms with van der Waals surface area (Å²) in [6, 6.07) is 11.7. The van der Waals surface area contributed by atoms with E-state index < -0.39 is 0 Å². The molecule has 0 bridgehead atoms. The highest BCUT2D eigenvalue weighted by atomic mass is 79.9. The molecule has 2 rings (SSSR count). The molecule has 0 aliphatic carbocycles. The van der Waals surface area contributed by atoms with E-state index in [4.69, 9.17) is 22.7 Å². The Kier molecular flexibility index (Phi) is 4.62. The predicted molar refractivity (Wildman–Crippen MR) is 91.0 cm³/mol. The van der Waals surface area contributed by atoms with Crippen LogP contribution in [-0.2, 0) is 0 Å². The Balaban J connectivity index is 2.35. The molecule has 0 saturated carbocycles. The van der Waals surface area contributed by atoms with E-state index in [1.165, 1.54) is 0 Å². The molecule has 2 aromatic carbocycles. The van der Waals surface area contributed by atoms with Gasteiger partial charge in [-0.25, -0.2) is 0 Å². The number of thiocarbonyl (C=S) groups is 1. The van der Waals surface area contributed by atoms with Crippen molar-refractivity contribution in [2.45, 2.75) is 6.92 Å². The third-order valence-corrected chi connectivity index (χ3v) is 3.71. The molecule has 0 heterocycles. The summed E-state index contributed by atoms with van der Waals surface area (Å²) in [5, 5.41) is 3.32. The van der Waals surface area contributed by atoms with Gasteiger partial charge < -0.3 is 15.8 Å². The highest BCUT2D eigenvalue weighted by Gasteiger charge is 2.07. The van der Waals surface area contributed by atoms with Gasteiger partial charge in [0.25, 0.3) is 0 Å². The molecule has 0 saturated heterocycles. The SMILES string of the molecule is COc1ccc(Nc2ccc(C)cc2C(N)=S)cc1Br. The van der Waals surface area contributed by atoms with Crippen LogP contribution >= 0.6 is 28.1 Å². The Morgan fingerprint density at radius 1 is 1.25 bits per heavy atom. The van der Waals surface area contributed by atoms with Crippen molar-refractivity contribution in [3.8, 4) is 5.75 Å². The van der Waals surface area contributed by atoms with Crippen molar-refractivity contribution in [3.05, 3.63) is 52.0 Å². The van der Waals surface area contributed by atoms with Crippen molar-refractivity contribution in [2.75, 3.05) is 12.4 Å². The van der Waals surface area contributed by atoms with Crippen molar-refractivity contribution in [1.29, 1.82) is 0 Å². The van der Waals surface area contributed by atoms with Crippen LogP contribution in [0.5, 0.6) is 5.75 Å². The van der Waals surface area contributed by atoms with Crippen molar-refractivity contribution >= 4 is 44.5 Å². The van der Waals surface area contributed by atoms with Gasteiger partial charge in [0.1, 0.15) is 10.7 Å². The third-order valence-electron chi connectivity index (χ3n) is 2.87. The summed E-state index contributed by atoms with van der Waals surface area (Å²) in [4.78, 5) is 0.378. The number of hydrogen-bond acceptors (Lipinski definition) is 3. The van der Waals surface area contributed by atoms with Gasteiger partial charge in [-0.15, -0.1) is 0 Å². The van der Waals surface area contributed by atoms with Crippen molar-refractivity contribution in [3.63, 3.8) is 0 Å². The zero-order chi connectivity index (χ0) is 14.7. The molecule has 0 atom stereocenters. The molecular weight excluding hydrogens is 336 g/mol. The van der Waals surface area contributed by atoms with E-state index in [-0.39, 0.29) is 0 Å². The van der Waals surface area contributed by atoms with Crippen LogP contribution in [-0.4, -0.2) is 12.1 Å². The lowest BCUT2D eigenvalue weighted by molar-refractivity contribution is 0.412. The van der Waals surface area contributed by atoms with E-state index in [2.05, 4.69) is 21.2 Å². The summed E-state index contributed by atoms with van der Waals surface area (Å²) < 4.78 is 6.10. The standard InChI is InChI=1S/C15H15BrN2OS/c1-9-3-5-13(11(7-9)15(17)20)18-10-4-6-14(19-2)12(16)8-10/h3-8,18H,1-2H3,(H2,17,20). The smallest absolute Gasteiger partial charge is 0.133 e. The highest BCUT2D eigenvalue weighted by molar-refractivity contribution is 9.10. The maximum absolute atomic E-state index is 5.77. The number of hydrogen-bond donors (Lipinski definition) is 2. The molecule has 0 radical (unpaired) electrons. The van der Waals surface area contributed by atoms with Gasteiger partial charge in [-0.2, -0.15) is 0 Å². The fourth-order valence-corrected chi connectivity index (χ4v) is 2.58. The quantitative estimate of drug-likeness (QED) is 0.813. The molecule has 3 N–H and O–H groups in total. The predicted octanol–water partition coefficient (Wildman–Crippen LogP) is 4.14. The van der Waals surface area contributed by atoms with Crippen molar-refractivity contribution in [1.82, 2.24) is 0 Å². The normalized spacial score (nSPS) is 10.2. The fourth-order valence-electron chi connectivity index (χ4n) is 1.87. The Labute approximate surface area is 132 Å². The van der Waals surface area contributed by atoms with Crippen LogP contribution in [0.3, 0.4) is 0 Å². The van der Waals surface area contributed by atoms with Crippen LogP contribution in [0.15, 0.2) is 40.9 Å². The number of nitrogens with two attached hydrogens (primary N) is 1. The number of rotatable bonds is 4. The van der Waals surface area contributed by atoms with Gasteiger partial charge in [0.15, 0.2) is 0 Å². The molecular formula is C15H15BrN2OS. The van der Waals surface area contributed by atoms with E-state index in [0.29, 0.717) is 4.99 Å². The van der Waals surface area contributed by atoms with E-state index in [9.17, 15) is 0 Å². The largest absolute Gasteiger partial charge is 0.496 e. The molecule has 0 fully saturated rings. The average molecular weight is 351 g/mol. The first-order valence-electron chi connectivity index (χ1n) is 6.02. The number of anilines is 2. The lowest BCUT2D eigenvalue weighted by atomic mass is 10.1. The molecule has 3 nitrogen and oxygen atoms in total. The van der Waals surface area contributed by atoms with Crippen molar-refractivity contribution in [2.24, 2.45) is 5.73 Å². The number of benzene rings is 2. The lowest BCUT2D eigenvalue weighted by Crippen LogP contribution is -2.12. The first-order chi connectivity index (χ1) is 9.51. The number of halogens is 1. The third kappa shape index (κ3) is 3.29. The topological polar surface area (TPSA) is 47.3 Å². The zero-order valence-corrected chi connectivity index (χ0v) is 13.6. The summed E-state index contributed by atoms with van der Waals surface area (Å²) in [6.07, 6.45) is 0. The Hall–Kier alpha value is -1.59. The highest BCUT2D eigenvalue weighted by Crippen LogP contribution is 2.30. The van der Waals surface area contributed by atoms with Gasteiger partial charge in [-0.05, 0) is 53.2 Å². The van der Waals surface area contributed by atoms with Crippen LogP contribution in [0.25, 0.3) is 0 Å². The van der Waals surface area contributed by atoms with Gasteiger partial charge in [0.05, 0.1) is 11.6 Å². The summed E-state index contributed by atoms with van der Waals surface area (Å²) in [7, 11) is 1.64. The molecule has 0 aliphatic rings. The average Bonchev–Trinajstić information content (AvgIpc) is 2.41. The Morgan fingerprint density at radius 3 is 2.60 bits per heavy atom. The van der Waals surface area contributed by atoms with Gasteiger partial charge in [-0.1, -0.05) is 23.8 Å². The lowest BCUT2D eigenvalue weighted by Gasteiger charge is -2.13. The summed E-state index contributed by atoms with van der Waals surface area (Å²) in [5.41, 5.74) is 9.55. The van der Waals surface area contributed by atoms with Crippen LogP contribution in [0.1, 0.15) is 11.1 Å². The number of methoxy groups -OCH3 is 1. The van der Waals surface area contributed by atoms with E-state index in [1.54, 1.807) is 7.11 Å². The van der Waals surface area contributed by atoms with E-state index in [0.717, 1.165) is 32.7 Å². The number of ether oxygens (including phenoxy) is 1. The molecule has 2 aromatic rings. The van der Waals surface area contributed by atoms with Crippen molar-refractivity contribution < 1.29 is 4.74 Å². The molecule has 5 heteroatoms. The molecule has 104 valence electrons. The van der Waals surface area contributed by atoms with E-state index >= 15 is 0 Å². The van der Waals surface area contributed by atoms with Crippen LogP contribution < -0.4 is 15.8 Å².